The summed E-state index contributed by atoms with van der Waals surface area (Å²) in [5.41, 5.74) is 1.41. The minimum absolute atomic E-state index is 0.00279. The van der Waals surface area contributed by atoms with Gasteiger partial charge >= 0.3 is 0 Å². The van der Waals surface area contributed by atoms with Crippen molar-refractivity contribution in [2.45, 2.75) is 55.9 Å². The van der Waals surface area contributed by atoms with Crippen molar-refractivity contribution >= 4 is 27.5 Å². The predicted octanol–water partition coefficient (Wildman–Crippen LogP) is 4.13. The highest BCUT2D eigenvalue weighted by molar-refractivity contribution is 7.89. The number of likely N-dealkylation sites (tertiary alicyclic amines) is 1. The van der Waals surface area contributed by atoms with Crippen LogP contribution in [0, 0.1) is 0 Å². The van der Waals surface area contributed by atoms with Crippen molar-refractivity contribution < 1.29 is 18.0 Å². The van der Waals surface area contributed by atoms with E-state index in [4.69, 9.17) is 0 Å². The van der Waals surface area contributed by atoms with Gasteiger partial charge in [-0.2, -0.15) is 4.31 Å². The lowest BCUT2D eigenvalue weighted by atomic mass is 9.96. The molecule has 33 heavy (non-hydrogen) atoms. The predicted molar refractivity (Wildman–Crippen MR) is 128 cm³/mol. The van der Waals surface area contributed by atoms with E-state index in [1.807, 2.05) is 4.90 Å². The summed E-state index contributed by atoms with van der Waals surface area (Å²) in [4.78, 5) is 27.2. The average molecular weight is 470 g/mol. The fraction of sp³-hybridized carbons (Fsp3) is 0.440. The van der Waals surface area contributed by atoms with Gasteiger partial charge in [-0.15, -0.1) is 0 Å². The van der Waals surface area contributed by atoms with E-state index in [1.54, 1.807) is 43.4 Å². The fourth-order valence-electron chi connectivity index (χ4n) is 4.61. The van der Waals surface area contributed by atoms with Gasteiger partial charge in [-0.05, 0) is 68.1 Å². The number of nitrogens with zero attached hydrogens (tertiary/aromatic N) is 2. The number of rotatable bonds is 6. The van der Waals surface area contributed by atoms with Crippen LogP contribution in [0.4, 0.5) is 5.69 Å². The van der Waals surface area contributed by atoms with Crippen molar-refractivity contribution in [1.29, 1.82) is 0 Å². The topological polar surface area (TPSA) is 86.8 Å². The molecule has 2 amide bonds. The van der Waals surface area contributed by atoms with Gasteiger partial charge in [-0.25, -0.2) is 8.42 Å². The van der Waals surface area contributed by atoms with Crippen molar-refractivity contribution in [2.24, 2.45) is 0 Å². The minimum atomic E-state index is -3.68. The number of carbonyl (C=O) groups excluding carboxylic acids is 2. The lowest BCUT2D eigenvalue weighted by Crippen LogP contribution is -2.38. The van der Waals surface area contributed by atoms with Crippen LogP contribution in [0.2, 0.25) is 0 Å². The minimum Gasteiger partial charge on any atom is -0.339 e. The molecule has 176 valence electrons. The molecule has 0 bridgehead atoms. The molecule has 2 aromatic rings. The molecule has 0 radical (unpaired) electrons. The summed E-state index contributed by atoms with van der Waals surface area (Å²) in [6, 6.07) is 12.9. The third-order valence-corrected chi connectivity index (χ3v) is 8.55. The summed E-state index contributed by atoms with van der Waals surface area (Å²) in [5.74, 6) is -0.392. The highest BCUT2D eigenvalue weighted by atomic mass is 32.2. The lowest BCUT2D eigenvalue weighted by molar-refractivity contribution is 0.0792. The van der Waals surface area contributed by atoms with E-state index in [1.165, 1.54) is 16.4 Å². The molecule has 7 nitrogen and oxygen atoms in total. The van der Waals surface area contributed by atoms with Crippen molar-refractivity contribution in [2.75, 3.05) is 25.5 Å². The summed E-state index contributed by atoms with van der Waals surface area (Å²) in [5, 5.41) is 2.79. The number of nitrogens with one attached hydrogen (secondary N) is 1. The van der Waals surface area contributed by atoms with Gasteiger partial charge in [0, 0.05) is 43.0 Å². The summed E-state index contributed by atoms with van der Waals surface area (Å²) in [7, 11) is -2.05. The molecule has 0 unspecified atom stereocenters. The molecule has 1 N–H and O–H groups in total. The van der Waals surface area contributed by atoms with Crippen LogP contribution in [0.1, 0.15) is 65.7 Å². The fourth-order valence-corrected chi connectivity index (χ4v) is 6.07. The van der Waals surface area contributed by atoms with Crippen LogP contribution >= 0.6 is 0 Å². The zero-order valence-electron chi connectivity index (χ0n) is 19.0. The largest absolute Gasteiger partial charge is 0.339 e. The summed E-state index contributed by atoms with van der Waals surface area (Å²) < 4.78 is 27.7. The molecule has 1 aliphatic carbocycles. The zero-order chi connectivity index (χ0) is 23.4. The number of hydrogen-bond donors (Lipinski definition) is 1. The molecule has 1 saturated heterocycles. The first kappa shape index (κ1) is 23.4. The van der Waals surface area contributed by atoms with E-state index in [0.717, 1.165) is 58.0 Å². The first-order valence-corrected chi connectivity index (χ1v) is 13.1. The monoisotopic (exact) mass is 469 g/mol. The van der Waals surface area contributed by atoms with Gasteiger partial charge in [-0.3, -0.25) is 9.59 Å². The van der Waals surface area contributed by atoms with Gasteiger partial charge in [0.25, 0.3) is 11.8 Å². The first-order valence-electron chi connectivity index (χ1n) is 11.6. The van der Waals surface area contributed by atoms with Gasteiger partial charge in [0.1, 0.15) is 0 Å². The number of amides is 2. The van der Waals surface area contributed by atoms with E-state index in [2.05, 4.69) is 5.32 Å². The summed E-state index contributed by atoms with van der Waals surface area (Å²) in [6.45, 7) is 1.57. The van der Waals surface area contributed by atoms with E-state index in [9.17, 15) is 18.0 Å². The van der Waals surface area contributed by atoms with Crippen LogP contribution in [0.15, 0.2) is 53.4 Å². The first-order chi connectivity index (χ1) is 15.9. The average Bonchev–Trinajstić information content (AvgIpc) is 3.39. The highest BCUT2D eigenvalue weighted by Gasteiger charge is 2.29. The molecular formula is C25H31N3O4S. The van der Waals surface area contributed by atoms with Gasteiger partial charge in [-0.1, -0.05) is 25.3 Å². The molecule has 4 rings (SSSR count). The Kier molecular flexibility index (Phi) is 7.14. The maximum absolute atomic E-state index is 13.1. The van der Waals surface area contributed by atoms with Gasteiger partial charge in [0.15, 0.2) is 0 Å². The second-order valence-electron chi connectivity index (χ2n) is 8.87. The molecule has 0 atom stereocenters. The number of benzene rings is 2. The Morgan fingerprint density at radius 2 is 1.58 bits per heavy atom. The third kappa shape index (κ3) is 5.28. The summed E-state index contributed by atoms with van der Waals surface area (Å²) >= 11 is 0. The Bertz CT molecular complexity index is 1100. The van der Waals surface area contributed by atoms with Crippen LogP contribution in [0.5, 0.6) is 0 Å². The Morgan fingerprint density at radius 1 is 0.909 bits per heavy atom. The Balaban J connectivity index is 1.44. The van der Waals surface area contributed by atoms with Crippen molar-refractivity contribution in [3.8, 4) is 0 Å². The van der Waals surface area contributed by atoms with Crippen LogP contribution in [-0.4, -0.2) is 55.6 Å². The Labute approximate surface area is 195 Å². The van der Waals surface area contributed by atoms with E-state index in [0.29, 0.717) is 11.3 Å². The molecule has 1 aliphatic heterocycles. The second kappa shape index (κ2) is 10.1. The molecule has 0 spiro atoms. The number of hydrogen-bond acceptors (Lipinski definition) is 4. The van der Waals surface area contributed by atoms with Gasteiger partial charge in [0.2, 0.25) is 10.0 Å². The Morgan fingerprint density at radius 3 is 2.24 bits per heavy atom. The number of anilines is 1. The zero-order valence-corrected chi connectivity index (χ0v) is 19.8. The van der Waals surface area contributed by atoms with Crippen LogP contribution in [0.25, 0.3) is 0 Å². The van der Waals surface area contributed by atoms with Crippen molar-refractivity contribution in [3.05, 3.63) is 59.7 Å². The maximum Gasteiger partial charge on any atom is 0.255 e. The normalized spacial score (nSPS) is 17.3. The van der Waals surface area contributed by atoms with E-state index in [-0.39, 0.29) is 22.4 Å². The molecule has 0 aromatic heterocycles. The molecule has 8 heteroatoms. The number of sulfonamides is 1. The molecule has 2 aliphatic rings. The molecular weight excluding hydrogens is 438 g/mol. The number of carbonyl (C=O) groups is 2. The SMILES string of the molecule is CN(C1CCCCC1)S(=O)(=O)c1cccc(C(=O)Nc2ccc(C(=O)N3CCCC3)cc2)c1. The summed E-state index contributed by atoms with van der Waals surface area (Å²) in [6.07, 6.45) is 7.02. The quantitative estimate of drug-likeness (QED) is 0.689. The van der Waals surface area contributed by atoms with Gasteiger partial charge < -0.3 is 10.2 Å². The maximum atomic E-state index is 13.1. The van der Waals surface area contributed by atoms with Gasteiger partial charge in [0.05, 0.1) is 4.90 Å². The molecule has 1 saturated carbocycles. The third-order valence-electron chi connectivity index (χ3n) is 6.65. The van der Waals surface area contributed by atoms with Crippen LogP contribution in [-0.2, 0) is 10.0 Å². The molecule has 2 aromatic carbocycles. The molecule has 2 fully saturated rings. The van der Waals surface area contributed by atoms with Crippen LogP contribution in [0.3, 0.4) is 0 Å². The van der Waals surface area contributed by atoms with E-state index >= 15 is 0 Å². The van der Waals surface area contributed by atoms with Crippen molar-refractivity contribution in [3.63, 3.8) is 0 Å². The second-order valence-corrected chi connectivity index (χ2v) is 10.9. The van der Waals surface area contributed by atoms with Crippen LogP contribution < -0.4 is 5.32 Å². The standard InChI is InChI=1S/C25H31N3O4S/c1-27(22-9-3-2-4-10-22)33(31,32)23-11-7-8-20(18-23)24(29)26-21-14-12-19(13-15-21)25(30)28-16-5-6-17-28/h7-8,11-15,18,22H,2-6,9-10,16-17H2,1H3,(H,26,29). The molecule has 1 heterocycles. The Hall–Kier alpha value is -2.71. The highest BCUT2D eigenvalue weighted by Crippen LogP contribution is 2.27. The van der Waals surface area contributed by atoms with E-state index < -0.39 is 15.9 Å². The smallest absolute Gasteiger partial charge is 0.255 e. The van der Waals surface area contributed by atoms with Crippen molar-refractivity contribution in [1.82, 2.24) is 9.21 Å². The lowest BCUT2D eigenvalue weighted by Gasteiger charge is -2.30.